The summed E-state index contributed by atoms with van der Waals surface area (Å²) in [6.07, 6.45) is 1.45. The lowest BCUT2D eigenvalue weighted by Gasteiger charge is -2.13. The van der Waals surface area contributed by atoms with Crippen molar-refractivity contribution in [2.75, 3.05) is 0 Å². The molecule has 1 aliphatic carbocycles. The maximum Gasteiger partial charge on any atom is 0.306 e. The van der Waals surface area contributed by atoms with Gasteiger partial charge in [-0.25, -0.2) is 13.1 Å². The lowest BCUT2D eigenvalue weighted by molar-refractivity contribution is -0.141. The van der Waals surface area contributed by atoms with Gasteiger partial charge >= 0.3 is 5.97 Å². The monoisotopic (exact) mass is 297 g/mol. The Bertz CT molecular complexity index is 624. The molecule has 6 heteroatoms. The van der Waals surface area contributed by atoms with E-state index >= 15 is 0 Å². The molecular formula is C14H19NO4S. The van der Waals surface area contributed by atoms with Crippen molar-refractivity contribution in [2.24, 2.45) is 5.92 Å². The fourth-order valence-corrected chi connectivity index (χ4v) is 3.85. The SMILES string of the molecule is Cc1ccc(S(=O)(=O)N[C@H]2CC[C@@H](C(=O)O)C2)cc1C. The minimum atomic E-state index is -3.58. The molecule has 1 aliphatic rings. The number of aliphatic carboxylic acids is 1. The number of benzene rings is 1. The third kappa shape index (κ3) is 3.19. The quantitative estimate of drug-likeness (QED) is 0.888. The van der Waals surface area contributed by atoms with Crippen LogP contribution in [-0.4, -0.2) is 25.5 Å². The van der Waals surface area contributed by atoms with Crippen molar-refractivity contribution < 1.29 is 18.3 Å². The predicted octanol–water partition coefficient (Wildman–Crippen LogP) is 1.84. The number of rotatable bonds is 4. The van der Waals surface area contributed by atoms with Crippen molar-refractivity contribution in [3.05, 3.63) is 29.3 Å². The van der Waals surface area contributed by atoms with Crippen LogP contribution in [-0.2, 0) is 14.8 Å². The minimum absolute atomic E-state index is 0.236. The van der Waals surface area contributed by atoms with E-state index in [0.717, 1.165) is 11.1 Å². The molecule has 1 aromatic rings. The molecule has 1 aromatic carbocycles. The first kappa shape index (κ1) is 15.0. The zero-order valence-corrected chi connectivity index (χ0v) is 12.4. The van der Waals surface area contributed by atoms with E-state index < -0.39 is 21.9 Å². The first-order valence-corrected chi connectivity index (χ1v) is 8.10. The molecule has 0 bridgehead atoms. The van der Waals surface area contributed by atoms with Gasteiger partial charge in [0.05, 0.1) is 10.8 Å². The molecule has 110 valence electrons. The van der Waals surface area contributed by atoms with Gasteiger partial charge in [0.15, 0.2) is 0 Å². The van der Waals surface area contributed by atoms with Gasteiger partial charge in [0, 0.05) is 6.04 Å². The van der Waals surface area contributed by atoms with E-state index in [0.29, 0.717) is 19.3 Å². The summed E-state index contributed by atoms with van der Waals surface area (Å²) in [4.78, 5) is 11.1. The Balaban J connectivity index is 2.12. The highest BCUT2D eigenvalue weighted by Gasteiger charge is 2.32. The summed E-state index contributed by atoms with van der Waals surface area (Å²) in [5.74, 6) is -1.29. The van der Waals surface area contributed by atoms with Crippen molar-refractivity contribution in [3.63, 3.8) is 0 Å². The molecule has 2 rings (SSSR count). The fourth-order valence-electron chi connectivity index (χ4n) is 2.48. The number of hydrogen-bond donors (Lipinski definition) is 2. The topological polar surface area (TPSA) is 83.5 Å². The molecule has 20 heavy (non-hydrogen) atoms. The fraction of sp³-hybridized carbons (Fsp3) is 0.500. The number of nitrogens with one attached hydrogen (secondary N) is 1. The third-order valence-corrected chi connectivity index (χ3v) is 5.41. The van der Waals surface area contributed by atoms with Gasteiger partial charge in [-0.1, -0.05) is 6.07 Å². The molecule has 0 unspecified atom stereocenters. The highest BCUT2D eigenvalue weighted by atomic mass is 32.2. The summed E-state index contributed by atoms with van der Waals surface area (Å²) >= 11 is 0. The molecule has 0 aliphatic heterocycles. The van der Waals surface area contributed by atoms with Gasteiger partial charge in [-0.15, -0.1) is 0 Å². The zero-order valence-electron chi connectivity index (χ0n) is 11.6. The Morgan fingerprint density at radius 3 is 2.50 bits per heavy atom. The third-order valence-electron chi connectivity index (χ3n) is 3.89. The van der Waals surface area contributed by atoms with E-state index in [1.54, 1.807) is 18.2 Å². The van der Waals surface area contributed by atoms with Crippen LogP contribution in [0.25, 0.3) is 0 Å². The smallest absolute Gasteiger partial charge is 0.306 e. The lowest BCUT2D eigenvalue weighted by atomic mass is 10.1. The van der Waals surface area contributed by atoms with Gasteiger partial charge in [-0.05, 0) is 56.4 Å². The normalized spacial score (nSPS) is 22.9. The van der Waals surface area contributed by atoms with Crippen molar-refractivity contribution in [1.29, 1.82) is 0 Å². The number of carboxylic acid groups (broad SMARTS) is 1. The average molecular weight is 297 g/mol. The number of aryl methyl sites for hydroxylation is 2. The van der Waals surface area contributed by atoms with Crippen molar-refractivity contribution in [2.45, 2.75) is 44.0 Å². The van der Waals surface area contributed by atoms with Gasteiger partial charge in [0.25, 0.3) is 0 Å². The molecule has 0 aromatic heterocycles. The molecule has 1 fully saturated rings. The van der Waals surface area contributed by atoms with Crippen molar-refractivity contribution >= 4 is 16.0 Å². The van der Waals surface area contributed by atoms with Crippen LogP contribution in [0.5, 0.6) is 0 Å². The molecule has 2 N–H and O–H groups in total. The van der Waals surface area contributed by atoms with Gasteiger partial charge in [0.2, 0.25) is 10.0 Å². The molecule has 0 spiro atoms. The van der Waals surface area contributed by atoms with Crippen LogP contribution in [0, 0.1) is 19.8 Å². The Hall–Kier alpha value is -1.40. The summed E-state index contributed by atoms with van der Waals surface area (Å²) < 4.78 is 27.2. The van der Waals surface area contributed by atoms with Crippen LogP contribution >= 0.6 is 0 Å². The Morgan fingerprint density at radius 2 is 1.95 bits per heavy atom. The average Bonchev–Trinajstić information content (AvgIpc) is 2.80. The second-order valence-corrected chi connectivity index (χ2v) is 7.13. The molecule has 0 amide bonds. The summed E-state index contributed by atoms with van der Waals surface area (Å²) in [5.41, 5.74) is 1.96. The van der Waals surface area contributed by atoms with Crippen molar-refractivity contribution in [3.8, 4) is 0 Å². The first-order valence-electron chi connectivity index (χ1n) is 6.62. The highest BCUT2D eigenvalue weighted by Crippen LogP contribution is 2.27. The molecule has 0 heterocycles. The van der Waals surface area contributed by atoms with Crippen LogP contribution in [0.15, 0.2) is 23.1 Å². The van der Waals surface area contributed by atoms with Crippen LogP contribution in [0.1, 0.15) is 30.4 Å². The molecule has 1 saturated carbocycles. The summed E-state index contributed by atoms with van der Waals surface area (Å²) in [7, 11) is -3.58. The summed E-state index contributed by atoms with van der Waals surface area (Å²) in [6, 6.07) is 4.71. The van der Waals surface area contributed by atoms with E-state index in [1.807, 2.05) is 13.8 Å². The molecule has 2 atom stereocenters. The number of hydrogen-bond acceptors (Lipinski definition) is 3. The van der Waals surface area contributed by atoms with Crippen LogP contribution in [0.3, 0.4) is 0 Å². The number of sulfonamides is 1. The molecule has 0 radical (unpaired) electrons. The summed E-state index contributed by atoms with van der Waals surface area (Å²) in [5, 5.41) is 8.94. The summed E-state index contributed by atoms with van der Waals surface area (Å²) in [6.45, 7) is 3.79. The van der Waals surface area contributed by atoms with Crippen molar-refractivity contribution in [1.82, 2.24) is 4.72 Å². The maximum absolute atomic E-state index is 12.3. The van der Waals surface area contributed by atoms with Gasteiger partial charge in [0.1, 0.15) is 0 Å². The predicted molar refractivity (Wildman–Crippen MR) is 75.0 cm³/mol. The number of carbonyl (C=O) groups is 1. The zero-order chi connectivity index (χ0) is 14.9. The van der Waals surface area contributed by atoms with Crippen LogP contribution < -0.4 is 4.72 Å². The van der Waals surface area contributed by atoms with E-state index in [-0.39, 0.29) is 10.9 Å². The van der Waals surface area contributed by atoms with Gasteiger partial charge in [-0.3, -0.25) is 4.79 Å². The Morgan fingerprint density at radius 1 is 1.25 bits per heavy atom. The van der Waals surface area contributed by atoms with Crippen LogP contribution in [0.4, 0.5) is 0 Å². The van der Waals surface area contributed by atoms with E-state index in [4.69, 9.17) is 5.11 Å². The first-order chi connectivity index (χ1) is 9.29. The number of carboxylic acids is 1. The Kier molecular flexibility index (Phi) is 4.15. The largest absolute Gasteiger partial charge is 0.481 e. The molecular weight excluding hydrogens is 278 g/mol. The Labute approximate surface area is 119 Å². The lowest BCUT2D eigenvalue weighted by Crippen LogP contribution is -2.33. The van der Waals surface area contributed by atoms with Gasteiger partial charge in [-0.2, -0.15) is 0 Å². The molecule has 5 nitrogen and oxygen atoms in total. The van der Waals surface area contributed by atoms with E-state index in [2.05, 4.69) is 4.72 Å². The van der Waals surface area contributed by atoms with Gasteiger partial charge < -0.3 is 5.11 Å². The maximum atomic E-state index is 12.3. The highest BCUT2D eigenvalue weighted by molar-refractivity contribution is 7.89. The minimum Gasteiger partial charge on any atom is -0.481 e. The van der Waals surface area contributed by atoms with Crippen LogP contribution in [0.2, 0.25) is 0 Å². The second-order valence-electron chi connectivity index (χ2n) is 5.41. The standard InChI is InChI=1S/C14H19NO4S/c1-9-3-6-13(7-10(9)2)20(18,19)15-12-5-4-11(8-12)14(16)17/h3,6-7,11-12,15H,4-5,8H2,1-2H3,(H,16,17)/t11-,12+/m1/s1. The molecule has 0 saturated heterocycles. The van der Waals surface area contributed by atoms with E-state index in [9.17, 15) is 13.2 Å². The second kappa shape index (κ2) is 5.54. The van der Waals surface area contributed by atoms with E-state index in [1.165, 1.54) is 0 Å².